The number of aldehydes is 1. The molecule has 0 saturated heterocycles. The predicted molar refractivity (Wildman–Crippen MR) is 39.6 cm³/mol. The first kappa shape index (κ1) is 11.6. The summed E-state index contributed by atoms with van der Waals surface area (Å²) in [6.45, 7) is 1.04. The van der Waals surface area contributed by atoms with Gasteiger partial charge in [0.1, 0.15) is 0 Å². The third kappa shape index (κ3) is 2.51. The first-order chi connectivity index (χ1) is 6.02. The summed E-state index contributed by atoms with van der Waals surface area (Å²) in [6.07, 6.45) is 0.0558. The second kappa shape index (κ2) is 4.56. The van der Waals surface area contributed by atoms with E-state index in [2.05, 4.69) is 14.2 Å². The van der Waals surface area contributed by atoms with Crippen LogP contribution < -0.4 is 0 Å². The van der Waals surface area contributed by atoms with Gasteiger partial charge in [-0.2, -0.15) is 0 Å². The molecular formula is C7H10O6. The Hall–Kier alpha value is -1.43. The zero-order valence-corrected chi connectivity index (χ0v) is 7.53. The molecule has 0 bridgehead atoms. The topological polar surface area (TPSA) is 78.9 Å². The minimum Gasteiger partial charge on any atom is -0.464 e. The van der Waals surface area contributed by atoms with Gasteiger partial charge in [-0.3, -0.25) is 9.59 Å². The molecule has 0 saturated carbocycles. The Morgan fingerprint density at radius 1 is 1.31 bits per heavy atom. The third-order valence-corrected chi connectivity index (χ3v) is 1.22. The molecule has 0 amide bonds. The average molecular weight is 190 g/mol. The molecule has 0 rings (SSSR count). The summed E-state index contributed by atoms with van der Waals surface area (Å²) in [5.74, 6) is -4.18. The minimum atomic E-state index is -2.28. The molecule has 0 aromatic rings. The Kier molecular flexibility index (Phi) is 4.06. The molecule has 0 aliphatic rings. The summed E-state index contributed by atoms with van der Waals surface area (Å²) in [6, 6.07) is 0. The van der Waals surface area contributed by atoms with Gasteiger partial charge in [0.05, 0.1) is 7.11 Å². The van der Waals surface area contributed by atoms with Gasteiger partial charge in [-0.05, 0) is 0 Å². The maximum absolute atomic E-state index is 11.0. The van der Waals surface area contributed by atoms with Gasteiger partial charge in [0.15, 0.2) is 0 Å². The van der Waals surface area contributed by atoms with Crippen LogP contribution in [-0.4, -0.2) is 38.2 Å². The van der Waals surface area contributed by atoms with E-state index in [1.54, 1.807) is 0 Å². The van der Waals surface area contributed by atoms with Crippen molar-refractivity contribution in [3.8, 4) is 0 Å². The van der Waals surface area contributed by atoms with Crippen LogP contribution in [0.3, 0.4) is 0 Å². The van der Waals surface area contributed by atoms with Gasteiger partial charge in [-0.25, -0.2) is 4.79 Å². The molecule has 6 nitrogen and oxygen atoms in total. The number of esters is 2. The predicted octanol–water partition coefficient (Wildman–Crippen LogP) is -0.736. The number of carbonyl (C=O) groups excluding carboxylic acids is 3. The Balaban J connectivity index is 4.79. The lowest BCUT2D eigenvalue weighted by atomic mass is 10.3. The van der Waals surface area contributed by atoms with Crippen molar-refractivity contribution >= 4 is 18.2 Å². The quantitative estimate of drug-likeness (QED) is 0.251. The average Bonchev–Trinajstić information content (AvgIpc) is 2.12. The number of hydrogen-bond donors (Lipinski definition) is 0. The fourth-order valence-corrected chi connectivity index (χ4v) is 0.643. The van der Waals surface area contributed by atoms with Crippen molar-refractivity contribution in [3.05, 3.63) is 0 Å². The van der Waals surface area contributed by atoms with Crippen molar-refractivity contribution in [1.82, 2.24) is 0 Å². The van der Waals surface area contributed by atoms with Gasteiger partial charge in [0.2, 0.25) is 6.29 Å². The molecule has 0 heterocycles. The number of hydrogen-bond acceptors (Lipinski definition) is 6. The fraction of sp³-hybridized carbons (Fsp3) is 0.571. The van der Waals surface area contributed by atoms with E-state index in [1.807, 2.05) is 0 Å². The Morgan fingerprint density at radius 3 is 2.08 bits per heavy atom. The van der Waals surface area contributed by atoms with Crippen LogP contribution in [0.5, 0.6) is 0 Å². The van der Waals surface area contributed by atoms with E-state index in [-0.39, 0.29) is 6.29 Å². The summed E-state index contributed by atoms with van der Waals surface area (Å²) in [5, 5.41) is 0. The fourth-order valence-electron chi connectivity index (χ4n) is 0.643. The Labute approximate surface area is 74.8 Å². The standard InChI is InChI=1S/C7H10O6/c1-5(9)13-7(4-8,12-3)6(10)11-2/h4H,1-3H3. The van der Waals surface area contributed by atoms with Gasteiger partial charge in [-0.15, -0.1) is 0 Å². The van der Waals surface area contributed by atoms with Crippen molar-refractivity contribution < 1.29 is 28.6 Å². The molecule has 0 aliphatic carbocycles. The van der Waals surface area contributed by atoms with Crippen molar-refractivity contribution in [3.63, 3.8) is 0 Å². The van der Waals surface area contributed by atoms with Crippen LogP contribution >= 0.6 is 0 Å². The highest BCUT2D eigenvalue weighted by atomic mass is 16.7. The normalized spacial score (nSPS) is 14.1. The molecule has 13 heavy (non-hydrogen) atoms. The van der Waals surface area contributed by atoms with Crippen LogP contribution in [0.25, 0.3) is 0 Å². The number of methoxy groups -OCH3 is 2. The lowest BCUT2D eigenvalue weighted by molar-refractivity contribution is -0.223. The van der Waals surface area contributed by atoms with Crippen molar-refractivity contribution in [2.45, 2.75) is 12.7 Å². The van der Waals surface area contributed by atoms with E-state index in [9.17, 15) is 14.4 Å². The summed E-state index contributed by atoms with van der Waals surface area (Å²) in [7, 11) is 2.09. The molecule has 0 aliphatic heterocycles. The molecule has 0 radical (unpaired) electrons. The lowest BCUT2D eigenvalue weighted by Crippen LogP contribution is -2.47. The monoisotopic (exact) mass is 190 g/mol. The molecular weight excluding hydrogens is 180 g/mol. The molecule has 1 atom stereocenters. The summed E-state index contributed by atoms with van der Waals surface area (Å²) >= 11 is 0. The molecule has 0 aromatic heterocycles. The van der Waals surface area contributed by atoms with E-state index in [1.165, 1.54) is 0 Å². The van der Waals surface area contributed by atoms with Crippen LogP contribution in [0, 0.1) is 0 Å². The second-order valence-corrected chi connectivity index (χ2v) is 2.07. The third-order valence-electron chi connectivity index (χ3n) is 1.22. The van der Waals surface area contributed by atoms with Crippen LogP contribution in [0.2, 0.25) is 0 Å². The highest BCUT2D eigenvalue weighted by Crippen LogP contribution is 2.11. The first-order valence-electron chi connectivity index (χ1n) is 3.32. The first-order valence-corrected chi connectivity index (χ1v) is 3.32. The highest BCUT2D eigenvalue weighted by molar-refractivity contribution is 5.96. The van der Waals surface area contributed by atoms with E-state index >= 15 is 0 Å². The highest BCUT2D eigenvalue weighted by Gasteiger charge is 2.44. The maximum atomic E-state index is 11.0. The van der Waals surface area contributed by atoms with Crippen LogP contribution in [0.4, 0.5) is 0 Å². The summed E-state index contributed by atoms with van der Waals surface area (Å²) in [5.41, 5.74) is 0. The van der Waals surface area contributed by atoms with E-state index in [0.717, 1.165) is 21.1 Å². The molecule has 0 aromatic carbocycles. The van der Waals surface area contributed by atoms with Gasteiger partial charge < -0.3 is 14.2 Å². The van der Waals surface area contributed by atoms with Gasteiger partial charge >= 0.3 is 17.7 Å². The second-order valence-electron chi connectivity index (χ2n) is 2.07. The molecule has 6 heteroatoms. The largest absolute Gasteiger partial charge is 0.464 e. The lowest BCUT2D eigenvalue weighted by Gasteiger charge is -2.21. The number of rotatable bonds is 4. The van der Waals surface area contributed by atoms with Gasteiger partial charge in [-0.1, -0.05) is 0 Å². The zero-order valence-electron chi connectivity index (χ0n) is 7.53. The molecule has 1 unspecified atom stereocenters. The van der Waals surface area contributed by atoms with E-state index in [4.69, 9.17) is 0 Å². The van der Waals surface area contributed by atoms with Crippen LogP contribution in [-0.2, 0) is 28.6 Å². The molecule has 74 valence electrons. The van der Waals surface area contributed by atoms with Crippen LogP contribution in [0.1, 0.15) is 6.92 Å². The minimum absolute atomic E-state index is 0.0558. The van der Waals surface area contributed by atoms with E-state index in [0.29, 0.717) is 0 Å². The summed E-state index contributed by atoms with van der Waals surface area (Å²) in [4.78, 5) is 32.0. The van der Waals surface area contributed by atoms with Gasteiger partial charge in [0.25, 0.3) is 0 Å². The SMILES string of the molecule is COC(=O)C(C=O)(OC)OC(C)=O. The smallest absolute Gasteiger partial charge is 0.387 e. The van der Waals surface area contributed by atoms with Gasteiger partial charge in [0, 0.05) is 14.0 Å². The Morgan fingerprint density at radius 2 is 1.85 bits per heavy atom. The van der Waals surface area contributed by atoms with Crippen molar-refractivity contribution in [2.24, 2.45) is 0 Å². The molecule has 0 N–H and O–H groups in total. The Bertz CT molecular complexity index is 223. The van der Waals surface area contributed by atoms with Crippen LogP contribution in [0.15, 0.2) is 0 Å². The molecule has 0 fully saturated rings. The molecule has 0 spiro atoms. The number of ether oxygens (including phenoxy) is 3. The maximum Gasteiger partial charge on any atom is 0.387 e. The number of carbonyl (C=O) groups is 3. The van der Waals surface area contributed by atoms with Crippen molar-refractivity contribution in [1.29, 1.82) is 0 Å². The van der Waals surface area contributed by atoms with Crippen molar-refractivity contribution in [2.75, 3.05) is 14.2 Å². The zero-order chi connectivity index (χ0) is 10.5. The van der Waals surface area contributed by atoms with E-state index < -0.39 is 17.7 Å². The summed E-state index contributed by atoms with van der Waals surface area (Å²) < 4.78 is 13.1.